The van der Waals surface area contributed by atoms with Crippen molar-refractivity contribution in [3.05, 3.63) is 11.3 Å². The standard InChI is InChI=1S/C9H10N4O3S/c1-17-6-5-4(11-8(10)12-6)2-3-13(7(5)14)9(15)16/h2-3H2,1H3,(H,15,16)(H2,10,11,12). The number of rotatable bonds is 1. The number of imide groups is 1. The minimum atomic E-state index is -1.26. The number of nitrogen functional groups attached to an aromatic ring is 1. The molecule has 0 aliphatic carbocycles. The smallest absolute Gasteiger partial charge is 0.414 e. The van der Waals surface area contributed by atoms with E-state index >= 15 is 0 Å². The molecular formula is C9H10N4O3S. The van der Waals surface area contributed by atoms with Gasteiger partial charge in [-0.2, -0.15) is 0 Å². The van der Waals surface area contributed by atoms with Crippen molar-refractivity contribution in [2.45, 2.75) is 11.4 Å². The molecule has 0 bridgehead atoms. The summed E-state index contributed by atoms with van der Waals surface area (Å²) in [5.41, 5.74) is 6.29. The van der Waals surface area contributed by atoms with Crippen molar-refractivity contribution in [1.29, 1.82) is 0 Å². The molecule has 1 aliphatic heterocycles. The molecule has 0 spiro atoms. The minimum absolute atomic E-state index is 0.102. The summed E-state index contributed by atoms with van der Waals surface area (Å²) in [7, 11) is 0. The van der Waals surface area contributed by atoms with Crippen LogP contribution < -0.4 is 5.73 Å². The van der Waals surface area contributed by atoms with E-state index in [1.54, 1.807) is 6.26 Å². The third-order valence-electron chi connectivity index (χ3n) is 2.42. The number of aromatic nitrogens is 2. The summed E-state index contributed by atoms with van der Waals surface area (Å²) in [6.45, 7) is 0.103. The molecule has 0 atom stereocenters. The topological polar surface area (TPSA) is 109 Å². The Morgan fingerprint density at radius 1 is 1.53 bits per heavy atom. The van der Waals surface area contributed by atoms with Crippen LogP contribution in [0, 0.1) is 0 Å². The van der Waals surface area contributed by atoms with Crippen molar-refractivity contribution >= 4 is 29.7 Å². The van der Waals surface area contributed by atoms with Gasteiger partial charge in [-0.1, -0.05) is 0 Å². The van der Waals surface area contributed by atoms with E-state index in [9.17, 15) is 9.59 Å². The summed E-state index contributed by atoms with van der Waals surface area (Å²) in [5.74, 6) is -0.479. The third kappa shape index (κ3) is 1.91. The van der Waals surface area contributed by atoms with Crippen molar-refractivity contribution in [2.24, 2.45) is 0 Å². The number of amides is 2. The molecule has 1 aromatic rings. The van der Waals surface area contributed by atoms with E-state index in [4.69, 9.17) is 10.8 Å². The van der Waals surface area contributed by atoms with Crippen molar-refractivity contribution in [3.63, 3.8) is 0 Å². The zero-order valence-corrected chi connectivity index (χ0v) is 9.82. The van der Waals surface area contributed by atoms with Crippen LogP contribution in [0.5, 0.6) is 0 Å². The molecule has 0 fully saturated rings. The lowest BCUT2D eigenvalue weighted by Gasteiger charge is -2.24. The minimum Gasteiger partial charge on any atom is -0.465 e. The predicted octanol–water partition coefficient (Wildman–Crippen LogP) is 0.457. The van der Waals surface area contributed by atoms with Gasteiger partial charge in [-0.3, -0.25) is 4.79 Å². The number of hydrogen-bond donors (Lipinski definition) is 2. The Bertz CT molecular complexity index is 488. The number of fused-ring (bicyclic) bond motifs is 1. The van der Waals surface area contributed by atoms with E-state index in [-0.39, 0.29) is 18.1 Å². The molecule has 0 saturated heterocycles. The van der Waals surface area contributed by atoms with E-state index in [1.807, 2.05) is 0 Å². The quantitative estimate of drug-likeness (QED) is 0.553. The highest BCUT2D eigenvalue weighted by molar-refractivity contribution is 7.98. The van der Waals surface area contributed by atoms with Gasteiger partial charge >= 0.3 is 6.09 Å². The van der Waals surface area contributed by atoms with Crippen LogP contribution in [0.3, 0.4) is 0 Å². The molecule has 0 radical (unpaired) electrons. The Kier molecular flexibility index (Phi) is 2.88. The first-order valence-electron chi connectivity index (χ1n) is 4.79. The monoisotopic (exact) mass is 254 g/mol. The Morgan fingerprint density at radius 2 is 2.24 bits per heavy atom. The molecule has 2 rings (SSSR count). The molecule has 0 unspecified atom stereocenters. The average molecular weight is 254 g/mol. The van der Waals surface area contributed by atoms with E-state index in [0.717, 1.165) is 4.90 Å². The van der Waals surface area contributed by atoms with Gasteiger partial charge in [-0.15, -0.1) is 11.8 Å². The average Bonchev–Trinajstić information content (AvgIpc) is 2.27. The van der Waals surface area contributed by atoms with E-state index in [1.165, 1.54) is 11.8 Å². The predicted molar refractivity (Wildman–Crippen MR) is 61.0 cm³/mol. The summed E-state index contributed by atoms with van der Waals surface area (Å²) in [6.07, 6.45) is 0.854. The molecule has 2 amide bonds. The Labute approximate surface area is 101 Å². The fourth-order valence-corrected chi connectivity index (χ4v) is 2.28. The van der Waals surface area contributed by atoms with Gasteiger partial charge in [0, 0.05) is 13.0 Å². The number of carbonyl (C=O) groups is 2. The summed E-state index contributed by atoms with van der Waals surface area (Å²) in [5, 5.41) is 9.31. The first-order valence-corrected chi connectivity index (χ1v) is 6.02. The number of nitrogens with two attached hydrogens (primary N) is 1. The third-order valence-corrected chi connectivity index (χ3v) is 3.11. The van der Waals surface area contributed by atoms with Crippen molar-refractivity contribution in [1.82, 2.24) is 14.9 Å². The highest BCUT2D eigenvalue weighted by atomic mass is 32.2. The van der Waals surface area contributed by atoms with Gasteiger partial charge in [0.25, 0.3) is 5.91 Å². The van der Waals surface area contributed by atoms with Crippen LogP contribution in [0.4, 0.5) is 10.7 Å². The lowest BCUT2D eigenvalue weighted by Crippen LogP contribution is -2.42. The second-order valence-corrected chi connectivity index (χ2v) is 4.20. The molecule has 3 N–H and O–H groups in total. The van der Waals surface area contributed by atoms with E-state index in [2.05, 4.69) is 9.97 Å². The molecule has 8 heteroatoms. The number of anilines is 1. The Balaban J connectivity index is 2.54. The molecule has 7 nitrogen and oxygen atoms in total. The number of carbonyl (C=O) groups excluding carboxylic acids is 1. The molecule has 17 heavy (non-hydrogen) atoms. The van der Waals surface area contributed by atoms with Gasteiger partial charge in [-0.25, -0.2) is 19.7 Å². The summed E-state index contributed by atoms with van der Waals surface area (Å²) >= 11 is 1.24. The summed E-state index contributed by atoms with van der Waals surface area (Å²) in [4.78, 5) is 31.5. The Morgan fingerprint density at radius 3 is 2.82 bits per heavy atom. The largest absolute Gasteiger partial charge is 0.465 e. The van der Waals surface area contributed by atoms with Gasteiger partial charge in [0.2, 0.25) is 5.95 Å². The van der Waals surface area contributed by atoms with Gasteiger partial charge in [0.1, 0.15) is 5.03 Å². The van der Waals surface area contributed by atoms with Crippen molar-refractivity contribution in [3.8, 4) is 0 Å². The van der Waals surface area contributed by atoms with E-state index < -0.39 is 12.0 Å². The summed E-state index contributed by atoms with van der Waals surface area (Å²) < 4.78 is 0. The zero-order valence-electron chi connectivity index (χ0n) is 9.01. The van der Waals surface area contributed by atoms with Gasteiger partial charge in [-0.05, 0) is 6.26 Å². The van der Waals surface area contributed by atoms with Gasteiger partial charge in [0.15, 0.2) is 0 Å². The van der Waals surface area contributed by atoms with E-state index in [0.29, 0.717) is 17.1 Å². The normalized spacial score (nSPS) is 14.6. The molecule has 0 aromatic carbocycles. The molecule has 1 aliphatic rings. The molecular weight excluding hydrogens is 244 g/mol. The summed E-state index contributed by atoms with van der Waals surface area (Å²) in [6, 6.07) is 0. The number of thioether (sulfide) groups is 1. The molecule has 1 aromatic heterocycles. The van der Waals surface area contributed by atoms with Crippen LogP contribution in [-0.4, -0.2) is 44.8 Å². The molecule has 0 saturated carbocycles. The Hall–Kier alpha value is -1.83. The lowest BCUT2D eigenvalue weighted by atomic mass is 10.1. The lowest BCUT2D eigenvalue weighted by molar-refractivity contribution is 0.0720. The van der Waals surface area contributed by atoms with Crippen LogP contribution in [0.1, 0.15) is 16.1 Å². The molecule has 2 heterocycles. The van der Waals surface area contributed by atoms with Gasteiger partial charge < -0.3 is 10.8 Å². The highest BCUT2D eigenvalue weighted by Gasteiger charge is 2.32. The fourth-order valence-electron chi connectivity index (χ4n) is 1.68. The van der Waals surface area contributed by atoms with Crippen LogP contribution >= 0.6 is 11.8 Å². The van der Waals surface area contributed by atoms with Crippen LogP contribution in [0.2, 0.25) is 0 Å². The van der Waals surface area contributed by atoms with Crippen molar-refractivity contribution in [2.75, 3.05) is 18.5 Å². The first-order chi connectivity index (χ1) is 8.04. The number of nitrogens with zero attached hydrogens (tertiary/aromatic N) is 3. The number of carboxylic acid groups (broad SMARTS) is 1. The van der Waals surface area contributed by atoms with Crippen LogP contribution in [-0.2, 0) is 6.42 Å². The fraction of sp³-hybridized carbons (Fsp3) is 0.333. The zero-order chi connectivity index (χ0) is 12.6. The second kappa shape index (κ2) is 4.21. The van der Waals surface area contributed by atoms with Crippen molar-refractivity contribution < 1.29 is 14.7 Å². The maximum absolute atomic E-state index is 12.0. The van der Waals surface area contributed by atoms with Gasteiger partial charge in [0.05, 0.1) is 11.3 Å². The maximum Gasteiger partial charge on any atom is 0.414 e. The maximum atomic E-state index is 12.0. The van der Waals surface area contributed by atoms with Crippen LogP contribution in [0.15, 0.2) is 5.03 Å². The number of hydrogen-bond acceptors (Lipinski definition) is 6. The SMILES string of the molecule is CSc1nc(N)nc2c1C(=O)N(C(=O)O)CC2. The highest BCUT2D eigenvalue weighted by Crippen LogP contribution is 2.26. The second-order valence-electron chi connectivity index (χ2n) is 3.40. The molecule has 90 valence electrons. The van der Waals surface area contributed by atoms with Crippen LogP contribution in [0.25, 0.3) is 0 Å². The first kappa shape index (κ1) is 11.6.